The average Bonchev–Trinajstić information content (AvgIpc) is 3.36. The zero-order valence-electron chi connectivity index (χ0n) is 14.7. The van der Waals surface area contributed by atoms with E-state index in [1.54, 1.807) is 13.0 Å². The monoisotopic (exact) mass is 331 g/mol. The maximum atomic E-state index is 13.3. The molecule has 1 aromatic carbocycles. The number of rotatable bonds is 8. The van der Waals surface area contributed by atoms with Crippen molar-refractivity contribution in [3.8, 4) is 6.07 Å². The van der Waals surface area contributed by atoms with Gasteiger partial charge in [0.2, 0.25) is 5.91 Å². The topological polar surface area (TPSA) is 56.1 Å². The van der Waals surface area contributed by atoms with Crippen molar-refractivity contribution in [3.63, 3.8) is 0 Å². The quantitative estimate of drug-likeness (QED) is 0.797. The van der Waals surface area contributed by atoms with Gasteiger partial charge in [-0.25, -0.2) is 4.39 Å². The van der Waals surface area contributed by atoms with Gasteiger partial charge in [-0.15, -0.1) is 0 Å². The highest BCUT2D eigenvalue weighted by Crippen LogP contribution is 2.27. The Morgan fingerprint density at radius 3 is 2.75 bits per heavy atom. The van der Waals surface area contributed by atoms with Crippen LogP contribution in [0.15, 0.2) is 24.3 Å². The first-order valence-electron chi connectivity index (χ1n) is 8.55. The van der Waals surface area contributed by atoms with E-state index in [1.807, 2.05) is 19.9 Å². The number of halogens is 1. The Hall–Kier alpha value is -1.93. The molecule has 0 spiro atoms. The number of nitriles is 1. The molecular formula is C19H26FN3O. The Morgan fingerprint density at radius 1 is 1.50 bits per heavy atom. The Kier molecular flexibility index (Phi) is 5.95. The molecule has 1 N–H and O–H groups in total. The summed E-state index contributed by atoms with van der Waals surface area (Å²) in [6.45, 7) is 6.60. The number of nitrogens with one attached hydrogen (secondary N) is 1. The average molecular weight is 331 g/mol. The third-order valence-electron chi connectivity index (χ3n) is 4.77. The molecule has 1 unspecified atom stereocenters. The summed E-state index contributed by atoms with van der Waals surface area (Å²) in [6, 6.07) is 9.21. The minimum absolute atomic E-state index is 0.0353. The lowest BCUT2D eigenvalue weighted by Gasteiger charge is -2.29. The van der Waals surface area contributed by atoms with Gasteiger partial charge in [0.05, 0.1) is 12.6 Å². The molecular weight excluding hydrogens is 305 g/mol. The largest absolute Gasteiger partial charge is 0.337 e. The summed E-state index contributed by atoms with van der Waals surface area (Å²) in [6.07, 6.45) is 2.90. The second-order valence-electron chi connectivity index (χ2n) is 7.10. The van der Waals surface area contributed by atoms with Gasteiger partial charge >= 0.3 is 0 Å². The summed E-state index contributed by atoms with van der Waals surface area (Å²) >= 11 is 0. The summed E-state index contributed by atoms with van der Waals surface area (Å²) < 4.78 is 13.3. The normalized spacial score (nSPS) is 16.7. The van der Waals surface area contributed by atoms with Crippen molar-refractivity contribution < 1.29 is 9.18 Å². The predicted octanol–water partition coefficient (Wildman–Crippen LogP) is 2.89. The molecule has 0 heterocycles. The van der Waals surface area contributed by atoms with Gasteiger partial charge in [0.1, 0.15) is 11.4 Å². The molecule has 5 heteroatoms. The van der Waals surface area contributed by atoms with Gasteiger partial charge in [-0.3, -0.25) is 9.69 Å². The molecule has 1 amide bonds. The van der Waals surface area contributed by atoms with E-state index in [0.717, 1.165) is 18.4 Å². The molecule has 1 aliphatic carbocycles. The van der Waals surface area contributed by atoms with Crippen molar-refractivity contribution in [1.29, 1.82) is 5.26 Å². The molecule has 1 atom stereocenters. The van der Waals surface area contributed by atoms with Crippen molar-refractivity contribution in [2.75, 3.05) is 13.1 Å². The first kappa shape index (κ1) is 18.4. The highest BCUT2D eigenvalue weighted by Gasteiger charge is 2.33. The first-order valence-corrected chi connectivity index (χ1v) is 8.55. The lowest BCUT2D eigenvalue weighted by atomic mass is 9.90. The Bertz CT molecular complexity index is 621. The zero-order valence-corrected chi connectivity index (χ0v) is 14.7. The van der Waals surface area contributed by atoms with Gasteiger partial charge in [0.25, 0.3) is 0 Å². The fourth-order valence-corrected chi connectivity index (χ4v) is 2.61. The van der Waals surface area contributed by atoms with Crippen LogP contribution in [0, 0.1) is 23.1 Å². The summed E-state index contributed by atoms with van der Waals surface area (Å²) in [7, 11) is 0. The van der Waals surface area contributed by atoms with E-state index in [-0.39, 0.29) is 24.2 Å². The van der Waals surface area contributed by atoms with E-state index in [9.17, 15) is 14.4 Å². The smallest absolute Gasteiger partial charge is 0.235 e. The van der Waals surface area contributed by atoms with Crippen LogP contribution in [-0.2, 0) is 11.2 Å². The minimum atomic E-state index is -0.852. The zero-order chi connectivity index (χ0) is 17.7. The number of carbonyl (C=O) groups excluding carboxylic acids is 1. The van der Waals surface area contributed by atoms with Crippen molar-refractivity contribution >= 4 is 5.91 Å². The standard InChI is InChI=1S/C19H26FN3O/c1-14(2)19(3,13-21)22-18(24)12-23(17-7-8-17)10-9-15-5-4-6-16(20)11-15/h4-6,11,14,17H,7-10,12H2,1-3H3,(H,22,24). The maximum Gasteiger partial charge on any atom is 0.235 e. The summed E-state index contributed by atoms with van der Waals surface area (Å²) in [5, 5.41) is 12.2. The molecule has 130 valence electrons. The van der Waals surface area contributed by atoms with Gasteiger partial charge in [-0.2, -0.15) is 5.26 Å². The summed E-state index contributed by atoms with van der Waals surface area (Å²) in [5.74, 6) is -0.322. The molecule has 0 aromatic heterocycles. The van der Waals surface area contributed by atoms with Crippen LogP contribution in [0.25, 0.3) is 0 Å². The highest BCUT2D eigenvalue weighted by molar-refractivity contribution is 5.79. The van der Waals surface area contributed by atoms with Crippen LogP contribution in [0.2, 0.25) is 0 Å². The third kappa shape index (κ3) is 5.04. The lowest BCUT2D eigenvalue weighted by Crippen LogP contribution is -2.52. The van der Waals surface area contributed by atoms with Gasteiger partial charge in [-0.1, -0.05) is 26.0 Å². The van der Waals surface area contributed by atoms with Crippen LogP contribution in [-0.4, -0.2) is 35.5 Å². The fraction of sp³-hybridized carbons (Fsp3) is 0.579. The number of carbonyl (C=O) groups is 1. The summed E-state index contributed by atoms with van der Waals surface area (Å²) in [4.78, 5) is 14.5. The SMILES string of the molecule is CC(C)C(C)(C#N)NC(=O)CN(CCc1cccc(F)c1)C1CC1. The Labute approximate surface area is 143 Å². The van der Waals surface area contributed by atoms with Crippen molar-refractivity contribution in [2.24, 2.45) is 5.92 Å². The van der Waals surface area contributed by atoms with Crippen LogP contribution in [0.1, 0.15) is 39.2 Å². The van der Waals surface area contributed by atoms with Crippen LogP contribution >= 0.6 is 0 Å². The number of amides is 1. The molecule has 24 heavy (non-hydrogen) atoms. The van der Waals surface area contributed by atoms with Crippen LogP contribution in [0.4, 0.5) is 4.39 Å². The van der Waals surface area contributed by atoms with E-state index in [1.165, 1.54) is 12.1 Å². The molecule has 1 fully saturated rings. The molecule has 1 aliphatic rings. The fourth-order valence-electron chi connectivity index (χ4n) is 2.61. The van der Waals surface area contributed by atoms with Gasteiger partial charge in [0, 0.05) is 12.6 Å². The molecule has 0 radical (unpaired) electrons. The van der Waals surface area contributed by atoms with E-state index >= 15 is 0 Å². The van der Waals surface area contributed by atoms with E-state index in [2.05, 4.69) is 16.3 Å². The van der Waals surface area contributed by atoms with Gasteiger partial charge < -0.3 is 5.32 Å². The van der Waals surface area contributed by atoms with Crippen LogP contribution in [0.3, 0.4) is 0 Å². The number of nitrogens with zero attached hydrogens (tertiary/aromatic N) is 2. The Balaban J connectivity index is 1.92. The third-order valence-corrected chi connectivity index (χ3v) is 4.77. The van der Waals surface area contributed by atoms with Crippen LogP contribution in [0.5, 0.6) is 0 Å². The lowest BCUT2D eigenvalue weighted by molar-refractivity contribution is -0.124. The van der Waals surface area contributed by atoms with Crippen LogP contribution < -0.4 is 5.32 Å². The van der Waals surface area contributed by atoms with E-state index < -0.39 is 5.54 Å². The van der Waals surface area contributed by atoms with E-state index in [0.29, 0.717) is 19.0 Å². The van der Waals surface area contributed by atoms with Crippen molar-refractivity contribution in [2.45, 2.75) is 51.6 Å². The molecule has 0 aliphatic heterocycles. The molecule has 1 aromatic rings. The Morgan fingerprint density at radius 2 is 2.21 bits per heavy atom. The second kappa shape index (κ2) is 7.76. The highest BCUT2D eigenvalue weighted by atomic mass is 19.1. The van der Waals surface area contributed by atoms with Crippen molar-refractivity contribution in [1.82, 2.24) is 10.2 Å². The molecule has 4 nitrogen and oxygen atoms in total. The predicted molar refractivity (Wildman–Crippen MR) is 91.7 cm³/mol. The maximum absolute atomic E-state index is 13.3. The van der Waals surface area contributed by atoms with Gasteiger partial charge in [-0.05, 0) is 49.8 Å². The summed E-state index contributed by atoms with van der Waals surface area (Å²) in [5.41, 5.74) is 0.0830. The number of hydrogen-bond acceptors (Lipinski definition) is 3. The second-order valence-corrected chi connectivity index (χ2v) is 7.10. The number of hydrogen-bond donors (Lipinski definition) is 1. The molecule has 0 bridgehead atoms. The van der Waals surface area contributed by atoms with E-state index in [4.69, 9.17) is 0 Å². The van der Waals surface area contributed by atoms with Crippen molar-refractivity contribution in [3.05, 3.63) is 35.6 Å². The minimum Gasteiger partial charge on any atom is -0.337 e. The number of benzene rings is 1. The first-order chi connectivity index (χ1) is 11.3. The molecule has 1 saturated carbocycles. The molecule has 0 saturated heterocycles. The molecule has 2 rings (SSSR count). The van der Waals surface area contributed by atoms with Gasteiger partial charge in [0.15, 0.2) is 0 Å².